The molecule has 0 bridgehead atoms. The highest BCUT2D eigenvalue weighted by Gasteiger charge is 2.25. The molecule has 0 spiro atoms. The molecule has 10 rings (SSSR count). The summed E-state index contributed by atoms with van der Waals surface area (Å²) in [4.78, 5) is 0. The van der Waals surface area contributed by atoms with Crippen LogP contribution < -0.4 is 0 Å². The van der Waals surface area contributed by atoms with Gasteiger partial charge in [-0.15, -0.1) is 0 Å². The van der Waals surface area contributed by atoms with Crippen molar-refractivity contribution in [1.82, 2.24) is 0 Å². The van der Waals surface area contributed by atoms with Gasteiger partial charge in [-0.2, -0.15) is 10.5 Å². The number of benzene rings is 9. The van der Waals surface area contributed by atoms with Crippen molar-refractivity contribution in [2.75, 3.05) is 0 Å². The van der Waals surface area contributed by atoms with E-state index in [0.29, 0.717) is 11.1 Å². The molecule has 50 heavy (non-hydrogen) atoms. The van der Waals surface area contributed by atoms with Crippen molar-refractivity contribution in [2.45, 2.75) is 0 Å². The van der Waals surface area contributed by atoms with Crippen LogP contribution in [0.15, 0.2) is 158 Å². The average Bonchev–Trinajstić information content (AvgIpc) is 3.50. The molecule has 9 aromatic carbocycles. The summed E-state index contributed by atoms with van der Waals surface area (Å²) in [6, 6.07) is 60.4. The van der Waals surface area contributed by atoms with E-state index in [4.69, 9.17) is 0 Å². The Hall–Kier alpha value is -7.00. The van der Waals surface area contributed by atoms with E-state index in [1.807, 2.05) is 42.5 Å². The Morgan fingerprint density at radius 2 is 0.780 bits per heavy atom. The summed E-state index contributed by atoms with van der Waals surface area (Å²) in [7, 11) is 0. The first-order chi connectivity index (χ1) is 24.7. The zero-order chi connectivity index (χ0) is 33.3. The van der Waals surface area contributed by atoms with Gasteiger partial charge in [0.1, 0.15) is 0 Å². The van der Waals surface area contributed by atoms with Crippen LogP contribution in [0.3, 0.4) is 0 Å². The Morgan fingerprint density at radius 3 is 1.44 bits per heavy atom. The Bertz CT molecular complexity index is 2960. The summed E-state index contributed by atoms with van der Waals surface area (Å²) in [5.74, 6) is 0. The molecule has 0 saturated heterocycles. The van der Waals surface area contributed by atoms with Crippen LogP contribution in [-0.4, -0.2) is 0 Å². The van der Waals surface area contributed by atoms with Gasteiger partial charge >= 0.3 is 0 Å². The number of nitriles is 2. The maximum absolute atomic E-state index is 9.87. The molecule has 0 radical (unpaired) electrons. The third-order valence-electron chi connectivity index (χ3n) is 10.5. The highest BCUT2D eigenvalue weighted by molar-refractivity contribution is 6.27. The Labute approximate surface area is 289 Å². The number of nitrogens with zero attached hydrogens (tertiary/aromatic N) is 2. The molecule has 1 aliphatic rings. The lowest BCUT2D eigenvalue weighted by atomic mass is 9.85. The smallest absolute Gasteiger partial charge is 0.0991 e. The molecule has 0 aliphatic heterocycles. The molecule has 2 nitrogen and oxygen atoms in total. The predicted octanol–water partition coefficient (Wildman–Crippen LogP) is 12.7. The largest absolute Gasteiger partial charge is 0.192 e. The van der Waals surface area contributed by atoms with E-state index < -0.39 is 0 Å². The predicted molar refractivity (Wildman–Crippen MR) is 207 cm³/mol. The van der Waals surface area contributed by atoms with Crippen LogP contribution in [0, 0.1) is 22.7 Å². The zero-order valence-corrected chi connectivity index (χ0v) is 26.9. The first kappa shape index (κ1) is 28.1. The molecule has 2 heteroatoms. The van der Waals surface area contributed by atoms with E-state index in [-0.39, 0.29) is 0 Å². The van der Waals surface area contributed by atoms with Crippen molar-refractivity contribution >= 4 is 43.1 Å². The minimum absolute atomic E-state index is 0.655. The van der Waals surface area contributed by atoms with Crippen molar-refractivity contribution in [3.63, 3.8) is 0 Å². The molecule has 0 heterocycles. The highest BCUT2D eigenvalue weighted by Crippen LogP contribution is 2.52. The standard InChI is InChI=1S/C48H26N2/c49-27-29-14-17-33(18-15-29)34-20-21-38-44-25-45-40(32-10-5-2-6-11-32)23-42-35-19-16-30(28-50)22-41(35)39(31-8-3-1-4-9-31)24-46(42)47(45)26-43(44)37-13-7-12-36(34)48(37)38/h1-26H. The summed E-state index contributed by atoms with van der Waals surface area (Å²) in [5, 5.41) is 28.7. The molecular weight excluding hydrogens is 605 g/mol. The first-order valence-electron chi connectivity index (χ1n) is 16.8. The van der Waals surface area contributed by atoms with Crippen molar-refractivity contribution in [3.05, 3.63) is 169 Å². The van der Waals surface area contributed by atoms with Gasteiger partial charge in [0.15, 0.2) is 0 Å². The molecule has 228 valence electrons. The van der Waals surface area contributed by atoms with Crippen molar-refractivity contribution < 1.29 is 0 Å². The lowest BCUT2D eigenvalue weighted by Gasteiger charge is -2.18. The Kier molecular flexibility index (Phi) is 6.04. The molecule has 0 aromatic heterocycles. The van der Waals surface area contributed by atoms with Gasteiger partial charge in [0.25, 0.3) is 0 Å². The summed E-state index contributed by atoms with van der Waals surface area (Å²) in [5.41, 5.74) is 13.2. The molecule has 0 N–H and O–H groups in total. The van der Waals surface area contributed by atoms with E-state index in [1.165, 1.54) is 71.3 Å². The van der Waals surface area contributed by atoms with E-state index in [2.05, 4.69) is 127 Å². The maximum atomic E-state index is 9.87. The molecule has 0 saturated carbocycles. The molecule has 9 aromatic rings. The van der Waals surface area contributed by atoms with Crippen LogP contribution in [0.1, 0.15) is 11.1 Å². The number of fused-ring (bicyclic) bond motifs is 8. The van der Waals surface area contributed by atoms with Gasteiger partial charge in [0, 0.05) is 0 Å². The fraction of sp³-hybridized carbons (Fsp3) is 0. The number of hydrogen-bond donors (Lipinski definition) is 0. The van der Waals surface area contributed by atoms with E-state index in [9.17, 15) is 10.5 Å². The van der Waals surface area contributed by atoms with Gasteiger partial charge in [-0.25, -0.2) is 0 Å². The molecule has 0 unspecified atom stereocenters. The van der Waals surface area contributed by atoms with Crippen LogP contribution in [0.4, 0.5) is 0 Å². The third kappa shape index (κ3) is 4.07. The van der Waals surface area contributed by atoms with E-state index in [0.717, 1.165) is 27.5 Å². The van der Waals surface area contributed by atoms with Gasteiger partial charge in [0.05, 0.1) is 23.3 Å². The van der Waals surface area contributed by atoms with Crippen molar-refractivity contribution in [3.8, 4) is 67.8 Å². The van der Waals surface area contributed by atoms with Gasteiger partial charge in [-0.3, -0.25) is 0 Å². The van der Waals surface area contributed by atoms with Crippen molar-refractivity contribution in [2.24, 2.45) is 0 Å². The summed E-state index contributed by atoms with van der Waals surface area (Å²) >= 11 is 0. The summed E-state index contributed by atoms with van der Waals surface area (Å²) in [6.45, 7) is 0. The maximum Gasteiger partial charge on any atom is 0.0991 e. The zero-order valence-electron chi connectivity index (χ0n) is 26.9. The summed E-state index contributed by atoms with van der Waals surface area (Å²) in [6.07, 6.45) is 0. The van der Waals surface area contributed by atoms with Gasteiger partial charge < -0.3 is 0 Å². The average molecular weight is 631 g/mol. The van der Waals surface area contributed by atoms with Crippen molar-refractivity contribution in [1.29, 1.82) is 10.5 Å². The van der Waals surface area contributed by atoms with Crippen LogP contribution in [0.5, 0.6) is 0 Å². The van der Waals surface area contributed by atoms with E-state index >= 15 is 0 Å². The van der Waals surface area contributed by atoms with Gasteiger partial charge in [0.2, 0.25) is 0 Å². The molecular formula is C48H26N2. The SMILES string of the molecule is N#Cc1ccc(-c2ccc3c4c(cccc24)-c2cc4c(cc2-3)c(-c2ccccc2)cc2c3ccc(C#N)cc3c(-c3ccccc3)cc42)cc1. The molecule has 0 amide bonds. The fourth-order valence-corrected chi connectivity index (χ4v) is 8.15. The Morgan fingerprint density at radius 1 is 0.280 bits per heavy atom. The summed E-state index contributed by atoms with van der Waals surface area (Å²) < 4.78 is 0. The van der Waals surface area contributed by atoms with E-state index in [1.54, 1.807) is 0 Å². The monoisotopic (exact) mass is 630 g/mol. The van der Waals surface area contributed by atoms with Crippen LogP contribution in [0.25, 0.3) is 98.7 Å². The van der Waals surface area contributed by atoms with Crippen LogP contribution in [0.2, 0.25) is 0 Å². The molecule has 0 fully saturated rings. The fourth-order valence-electron chi connectivity index (χ4n) is 8.15. The minimum atomic E-state index is 0.655. The molecule has 0 atom stereocenters. The second-order valence-corrected chi connectivity index (χ2v) is 13.1. The topological polar surface area (TPSA) is 47.6 Å². The minimum Gasteiger partial charge on any atom is -0.192 e. The van der Waals surface area contributed by atoms with Gasteiger partial charge in [-0.05, 0) is 147 Å². The normalized spacial score (nSPS) is 11.6. The van der Waals surface area contributed by atoms with Gasteiger partial charge in [-0.1, -0.05) is 109 Å². The lowest BCUT2D eigenvalue weighted by molar-refractivity contribution is 1.48. The first-order valence-corrected chi connectivity index (χ1v) is 16.8. The number of rotatable bonds is 3. The quantitative estimate of drug-likeness (QED) is 0.182. The second-order valence-electron chi connectivity index (χ2n) is 13.1. The number of hydrogen-bond acceptors (Lipinski definition) is 2. The Balaban J connectivity index is 1.32. The van der Waals surface area contributed by atoms with Crippen LogP contribution >= 0.6 is 0 Å². The second kappa shape index (κ2) is 10.8. The highest BCUT2D eigenvalue weighted by atomic mass is 14.3. The lowest BCUT2D eigenvalue weighted by Crippen LogP contribution is -1.91. The third-order valence-corrected chi connectivity index (χ3v) is 10.5. The van der Waals surface area contributed by atoms with Crippen LogP contribution in [-0.2, 0) is 0 Å². The molecule has 1 aliphatic carbocycles.